The van der Waals surface area contributed by atoms with Gasteiger partial charge in [0.05, 0.1) is 35.0 Å². The number of likely N-dealkylation sites (N-methyl/N-ethyl adjacent to an activating group) is 1. The van der Waals surface area contributed by atoms with E-state index in [1.807, 2.05) is 45.0 Å². The fraction of sp³-hybridized carbons (Fsp3) is 0.235. The second-order valence-electron chi connectivity index (χ2n) is 11.2. The Morgan fingerprint density at radius 1 is 0.955 bits per heavy atom. The van der Waals surface area contributed by atoms with Crippen LogP contribution in [0.15, 0.2) is 72.8 Å². The molecule has 1 N–H and O–H groups in total. The highest BCUT2D eigenvalue weighted by Crippen LogP contribution is 2.45. The number of nitro groups is 1. The van der Waals surface area contributed by atoms with Gasteiger partial charge in [-0.25, -0.2) is 4.79 Å². The van der Waals surface area contributed by atoms with Gasteiger partial charge in [0.25, 0.3) is 11.6 Å². The first-order valence-corrected chi connectivity index (χ1v) is 14.0. The Labute approximate surface area is 255 Å². The minimum atomic E-state index is -0.835. The SMILES string of the molecule is COc1cc(OC(=O)c2ccc(C)cc2)ccc1-c1ccc2c(c1COc1cc([N+](=O)[O-])ccc1C)N(C)C(=O)C(C)(C)N2. The molecule has 0 bridgehead atoms. The van der Waals surface area contributed by atoms with Gasteiger partial charge in [-0.3, -0.25) is 14.9 Å². The molecule has 226 valence electrons. The molecule has 10 nitrogen and oxygen atoms in total. The molecule has 1 amide bonds. The van der Waals surface area contributed by atoms with Crippen LogP contribution in [0.2, 0.25) is 0 Å². The predicted molar refractivity (Wildman–Crippen MR) is 168 cm³/mol. The quantitative estimate of drug-likeness (QED) is 0.102. The molecule has 44 heavy (non-hydrogen) atoms. The monoisotopic (exact) mass is 595 g/mol. The molecule has 0 unspecified atom stereocenters. The van der Waals surface area contributed by atoms with Gasteiger partial charge in [0.15, 0.2) is 0 Å². The van der Waals surface area contributed by atoms with Gasteiger partial charge in [0.1, 0.15) is 29.4 Å². The highest BCUT2D eigenvalue weighted by atomic mass is 16.6. The Morgan fingerprint density at radius 2 is 1.66 bits per heavy atom. The minimum Gasteiger partial charge on any atom is -0.496 e. The van der Waals surface area contributed by atoms with E-state index in [1.165, 1.54) is 19.2 Å². The molecule has 0 fully saturated rings. The number of carbonyl (C=O) groups excluding carboxylic acids is 2. The molecule has 0 atom stereocenters. The first-order valence-electron chi connectivity index (χ1n) is 14.0. The standard InChI is InChI=1S/C34H33N3O7/c1-20-7-10-22(11-8-20)32(38)44-24-13-14-26(30(18-24)42-6)25-15-16-28-31(36(5)33(39)34(3,4)35-28)27(25)19-43-29-17-23(37(40)41)12-9-21(29)2/h7-18,35H,19H2,1-6H3. The molecular formula is C34H33N3O7. The van der Waals surface area contributed by atoms with E-state index in [4.69, 9.17) is 14.2 Å². The number of nitrogens with one attached hydrogen (secondary N) is 1. The number of hydrogen-bond acceptors (Lipinski definition) is 8. The minimum absolute atomic E-state index is 0.00639. The fourth-order valence-corrected chi connectivity index (χ4v) is 5.25. The molecule has 1 aliphatic heterocycles. The summed E-state index contributed by atoms with van der Waals surface area (Å²) in [7, 11) is 3.23. The van der Waals surface area contributed by atoms with Crippen LogP contribution in [0.5, 0.6) is 17.2 Å². The molecule has 4 aromatic carbocycles. The van der Waals surface area contributed by atoms with Crippen LogP contribution in [0.1, 0.15) is 40.9 Å². The third kappa shape index (κ3) is 5.78. The number of benzene rings is 4. The van der Waals surface area contributed by atoms with Crippen molar-refractivity contribution in [3.63, 3.8) is 0 Å². The molecule has 0 saturated heterocycles. The normalized spacial score (nSPS) is 13.5. The van der Waals surface area contributed by atoms with Gasteiger partial charge in [-0.05, 0) is 75.2 Å². The van der Waals surface area contributed by atoms with Crippen LogP contribution in [0.4, 0.5) is 17.1 Å². The molecule has 5 rings (SSSR count). The lowest BCUT2D eigenvalue weighted by atomic mass is 9.91. The van der Waals surface area contributed by atoms with E-state index in [9.17, 15) is 19.7 Å². The maximum atomic E-state index is 13.3. The second-order valence-corrected chi connectivity index (χ2v) is 11.2. The van der Waals surface area contributed by atoms with E-state index >= 15 is 0 Å². The summed E-state index contributed by atoms with van der Waals surface area (Å²) < 4.78 is 17.6. The third-order valence-corrected chi connectivity index (χ3v) is 7.62. The van der Waals surface area contributed by atoms with Crippen molar-refractivity contribution in [3.05, 3.63) is 105 Å². The number of aryl methyl sites for hydroxylation is 2. The predicted octanol–water partition coefficient (Wildman–Crippen LogP) is 6.85. The summed E-state index contributed by atoms with van der Waals surface area (Å²) in [5, 5.41) is 14.7. The van der Waals surface area contributed by atoms with Gasteiger partial charge in [-0.1, -0.05) is 23.8 Å². The number of nitro benzene ring substituents is 1. The Bertz CT molecular complexity index is 1780. The molecule has 0 radical (unpaired) electrons. The molecule has 0 spiro atoms. The largest absolute Gasteiger partial charge is 0.496 e. The Balaban J connectivity index is 1.57. The third-order valence-electron chi connectivity index (χ3n) is 7.62. The van der Waals surface area contributed by atoms with E-state index < -0.39 is 16.4 Å². The molecule has 10 heteroatoms. The molecule has 0 aromatic heterocycles. The highest BCUT2D eigenvalue weighted by molar-refractivity contribution is 6.08. The van der Waals surface area contributed by atoms with Crippen molar-refractivity contribution in [2.24, 2.45) is 0 Å². The fourth-order valence-electron chi connectivity index (χ4n) is 5.25. The summed E-state index contributed by atoms with van der Waals surface area (Å²) >= 11 is 0. The van der Waals surface area contributed by atoms with Crippen LogP contribution in [0.3, 0.4) is 0 Å². The molecule has 4 aromatic rings. The van der Waals surface area contributed by atoms with Gasteiger partial charge >= 0.3 is 5.97 Å². The average Bonchev–Trinajstić information content (AvgIpc) is 2.99. The van der Waals surface area contributed by atoms with Gasteiger partial charge in [-0.2, -0.15) is 0 Å². The van der Waals surface area contributed by atoms with E-state index in [0.29, 0.717) is 45.2 Å². The zero-order valence-corrected chi connectivity index (χ0v) is 25.4. The van der Waals surface area contributed by atoms with Gasteiger partial charge in [0.2, 0.25) is 0 Å². The van der Waals surface area contributed by atoms with Gasteiger partial charge in [0, 0.05) is 30.3 Å². The lowest BCUT2D eigenvalue weighted by Gasteiger charge is -2.39. The number of esters is 1. The van der Waals surface area contributed by atoms with Crippen molar-refractivity contribution in [2.45, 2.75) is 39.8 Å². The summed E-state index contributed by atoms with van der Waals surface area (Å²) in [6.07, 6.45) is 0. The zero-order valence-electron chi connectivity index (χ0n) is 25.4. The summed E-state index contributed by atoms with van der Waals surface area (Å²) in [6.45, 7) is 7.36. The maximum Gasteiger partial charge on any atom is 0.343 e. The van der Waals surface area contributed by atoms with E-state index in [-0.39, 0.29) is 18.2 Å². The molecule has 0 saturated carbocycles. The van der Waals surface area contributed by atoms with Crippen LogP contribution in [0.25, 0.3) is 11.1 Å². The number of hydrogen-bond donors (Lipinski definition) is 1. The van der Waals surface area contributed by atoms with Crippen molar-refractivity contribution in [1.29, 1.82) is 0 Å². The lowest BCUT2D eigenvalue weighted by Crippen LogP contribution is -2.52. The summed E-state index contributed by atoms with van der Waals surface area (Å²) in [6, 6.07) is 20.4. The number of amides is 1. The van der Waals surface area contributed by atoms with Gasteiger partial charge in [-0.15, -0.1) is 0 Å². The van der Waals surface area contributed by atoms with E-state index in [2.05, 4.69) is 5.32 Å². The summed E-state index contributed by atoms with van der Waals surface area (Å²) in [5.74, 6) is 0.454. The molecular weight excluding hydrogens is 562 g/mol. The van der Waals surface area contributed by atoms with E-state index in [0.717, 1.165) is 16.8 Å². The number of anilines is 2. The Kier molecular flexibility index (Phi) is 8.01. The van der Waals surface area contributed by atoms with Crippen molar-refractivity contribution < 1.29 is 28.7 Å². The summed E-state index contributed by atoms with van der Waals surface area (Å²) in [4.78, 5) is 38.6. The zero-order chi connectivity index (χ0) is 31.8. The summed E-state index contributed by atoms with van der Waals surface area (Å²) in [5.41, 5.74) is 4.65. The first-order chi connectivity index (χ1) is 20.9. The van der Waals surface area contributed by atoms with Crippen molar-refractivity contribution in [2.75, 3.05) is 24.4 Å². The first kappa shape index (κ1) is 30.1. The van der Waals surface area contributed by atoms with Crippen molar-refractivity contribution in [3.8, 4) is 28.4 Å². The molecule has 0 aliphatic carbocycles. The Morgan fingerprint density at radius 3 is 2.34 bits per heavy atom. The highest BCUT2D eigenvalue weighted by Gasteiger charge is 2.39. The Hall–Kier alpha value is -5.38. The van der Waals surface area contributed by atoms with Crippen molar-refractivity contribution >= 4 is 28.9 Å². The van der Waals surface area contributed by atoms with Crippen LogP contribution < -0.4 is 24.4 Å². The second kappa shape index (κ2) is 11.7. The lowest BCUT2D eigenvalue weighted by molar-refractivity contribution is -0.385. The number of non-ortho nitro benzene ring substituents is 1. The number of methoxy groups -OCH3 is 1. The number of fused-ring (bicyclic) bond motifs is 1. The molecule has 1 aliphatic rings. The average molecular weight is 596 g/mol. The number of rotatable bonds is 8. The maximum absolute atomic E-state index is 13.3. The smallest absolute Gasteiger partial charge is 0.343 e. The number of nitrogens with zero attached hydrogens (tertiary/aromatic N) is 2. The van der Waals surface area contributed by atoms with Gasteiger partial charge < -0.3 is 24.4 Å². The van der Waals surface area contributed by atoms with Crippen LogP contribution >= 0.6 is 0 Å². The topological polar surface area (TPSA) is 120 Å². The number of carbonyl (C=O) groups is 2. The van der Waals surface area contributed by atoms with Crippen molar-refractivity contribution in [1.82, 2.24) is 0 Å². The number of ether oxygens (including phenoxy) is 3. The van der Waals surface area contributed by atoms with Crippen LogP contribution in [-0.4, -0.2) is 36.5 Å². The van der Waals surface area contributed by atoms with Crippen LogP contribution in [0, 0.1) is 24.0 Å². The molecule has 1 heterocycles. The van der Waals surface area contributed by atoms with Crippen LogP contribution in [-0.2, 0) is 11.4 Å². The van der Waals surface area contributed by atoms with E-state index in [1.54, 1.807) is 55.3 Å².